The number of sulfonamides is 1. The molecule has 0 saturated carbocycles. The van der Waals surface area contributed by atoms with E-state index in [1.807, 2.05) is 0 Å². The molecule has 0 amide bonds. The highest BCUT2D eigenvalue weighted by Gasteiger charge is 2.25. The molecule has 1 unspecified atom stereocenters. The summed E-state index contributed by atoms with van der Waals surface area (Å²) in [5.74, 6) is 0.290. The van der Waals surface area contributed by atoms with Gasteiger partial charge in [-0.15, -0.1) is 12.4 Å². The van der Waals surface area contributed by atoms with Crippen LogP contribution in [-0.2, 0) is 10.0 Å². The Hall–Kier alpha value is -0.530. The number of rotatable bonds is 4. The first-order chi connectivity index (χ1) is 8.53. The third-order valence-corrected chi connectivity index (χ3v) is 4.57. The summed E-state index contributed by atoms with van der Waals surface area (Å²) in [5.41, 5.74) is 0. The zero-order valence-electron chi connectivity index (χ0n) is 10.3. The molecule has 2 rings (SSSR count). The predicted molar refractivity (Wildman–Crippen MR) is 76.8 cm³/mol. The molecule has 0 aromatic heterocycles. The molecule has 8 heteroatoms. The monoisotopic (exact) mass is 326 g/mol. The smallest absolute Gasteiger partial charge is 0.244 e. The number of halogens is 2. The Balaban J connectivity index is 0.00000180. The Morgan fingerprint density at radius 3 is 2.79 bits per heavy atom. The number of hydrogen-bond donors (Lipinski definition) is 2. The number of methoxy groups -OCH3 is 1. The standard InChI is InChI=1S/C11H15ClN2O3S.ClH/c1-17-10-3-2-8(12)6-11(10)18(15,16)14-9-4-5-13-7-9;/h2-3,6,9,13-14H,4-5,7H2,1H3;1H. The Bertz CT molecular complexity index is 531. The zero-order valence-corrected chi connectivity index (χ0v) is 12.7. The number of nitrogens with one attached hydrogen (secondary N) is 2. The lowest BCUT2D eigenvalue weighted by atomic mass is 10.3. The lowest BCUT2D eigenvalue weighted by Crippen LogP contribution is -2.36. The van der Waals surface area contributed by atoms with E-state index < -0.39 is 10.0 Å². The predicted octanol–water partition coefficient (Wildman–Crippen LogP) is 1.41. The molecule has 5 nitrogen and oxygen atoms in total. The van der Waals surface area contributed by atoms with Crippen LogP contribution in [-0.4, -0.2) is 34.7 Å². The van der Waals surface area contributed by atoms with E-state index in [9.17, 15) is 8.42 Å². The van der Waals surface area contributed by atoms with E-state index in [0.29, 0.717) is 11.6 Å². The molecule has 2 N–H and O–H groups in total. The van der Waals surface area contributed by atoms with Gasteiger partial charge in [-0.25, -0.2) is 13.1 Å². The van der Waals surface area contributed by atoms with Crippen LogP contribution in [0.3, 0.4) is 0 Å². The molecular formula is C11H16Cl2N2O3S. The summed E-state index contributed by atoms with van der Waals surface area (Å²) in [7, 11) is -2.18. The summed E-state index contributed by atoms with van der Waals surface area (Å²) in [6, 6.07) is 4.45. The molecule has 1 aliphatic heterocycles. The fourth-order valence-electron chi connectivity index (χ4n) is 1.90. The van der Waals surface area contributed by atoms with Crippen LogP contribution in [0.1, 0.15) is 6.42 Å². The molecule has 1 aromatic carbocycles. The third kappa shape index (κ3) is 3.97. The number of benzene rings is 1. The van der Waals surface area contributed by atoms with Gasteiger partial charge in [-0.1, -0.05) is 11.6 Å². The first-order valence-corrected chi connectivity index (χ1v) is 7.45. The maximum Gasteiger partial charge on any atom is 0.244 e. The topological polar surface area (TPSA) is 67.4 Å². The Kier molecular flexibility index (Phi) is 5.88. The summed E-state index contributed by atoms with van der Waals surface area (Å²) < 4.78 is 32.2. The van der Waals surface area contributed by atoms with E-state index in [1.165, 1.54) is 13.2 Å². The van der Waals surface area contributed by atoms with Crippen LogP contribution in [0.15, 0.2) is 23.1 Å². The van der Waals surface area contributed by atoms with Crippen molar-refractivity contribution in [1.82, 2.24) is 10.0 Å². The average Bonchev–Trinajstić information content (AvgIpc) is 2.81. The molecule has 0 spiro atoms. The Morgan fingerprint density at radius 1 is 1.47 bits per heavy atom. The van der Waals surface area contributed by atoms with Gasteiger partial charge in [-0.3, -0.25) is 0 Å². The molecular weight excluding hydrogens is 311 g/mol. The SMILES string of the molecule is COc1ccc(Cl)cc1S(=O)(=O)NC1CCNC1.Cl. The zero-order chi connectivity index (χ0) is 13.2. The van der Waals surface area contributed by atoms with Crippen LogP contribution in [0.4, 0.5) is 0 Å². The van der Waals surface area contributed by atoms with Crippen LogP contribution in [0.2, 0.25) is 5.02 Å². The minimum absolute atomic E-state index is 0. The van der Waals surface area contributed by atoms with E-state index >= 15 is 0 Å². The van der Waals surface area contributed by atoms with Gasteiger partial charge in [0.25, 0.3) is 0 Å². The fourth-order valence-corrected chi connectivity index (χ4v) is 3.60. The Morgan fingerprint density at radius 2 is 2.21 bits per heavy atom. The van der Waals surface area contributed by atoms with Crippen molar-refractivity contribution < 1.29 is 13.2 Å². The van der Waals surface area contributed by atoms with Crippen molar-refractivity contribution in [3.63, 3.8) is 0 Å². The van der Waals surface area contributed by atoms with Crippen molar-refractivity contribution in [2.75, 3.05) is 20.2 Å². The van der Waals surface area contributed by atoms with Crippen molar-refractivity contribution in [3.05, 3.63) is 23.2 Å². The molecule has 19 heavy (non-hydrogen) atoms. The molecule has 0 aliphatic carbocycles. The molecule has 1 fully saturated rings. The normalized spacial score (nSPS) is 18.9. The van der Waals surface area contributed by atoms with Gasteiger partial charge in [0, 0.05) is 17.6 Å². The van der Waals surface area contributed by atoms with Gasteiger partial charge >= 0.3 is 0 Å². The van der Waals surface area contributed by atoms with E-state index in [1.54, 1.807) is 12.1 Å². The highest BCUT2D eigenvalue weighted by molar-refractivity contribution is 7.89. The van der Waals surface area contributed by atoms with Crippen LogP contribution < -0.4 is 14.8 Å². The first-order valence-electron chi connectivity index (χ1n) is 5.59. The van der Waals surface area contributed by atoms with Crippen LogP contribution in [0, 0.1) is 0 Å². The summed E-state index contributed by atoms with van der Waals surface area (Å²) in [6.45, 7) is 1.46. The number of ether oxygens (including phenoxy) is 1. The molecule has 0 radical (unpaired) electrons. The van der Waals surface area contributed by atoms with Gasteiger partial charge < -0.3 is 10.1 Å². The molecule has 108 valence electrons. The Labute approximate surface area is 124 Å². The second-order valence-corrected chi connectivity index (χ2v) is 6.23. The molecule has 0 bridgehead atoms. The van der Waals surface area contributed by atoms with Crippen molar-refractivity contribution in [2.24, 2.45) is 0 Å². The van der Waals surface area contributed by atoms with Crippen molar-refractivity contribution in [1.29, 1.82) is 0 Å². The van der Waals surface area contributed by atoms with E-state index in [4.69, 9.17) is 16.3 Å². The first kappa shape index (κ1) is 16.5. The summed E-state index contributed by atoms with van der Waals surface area (Å²) >= 11 is 5.84. The second kappa shape index (κ2) is 6.76. The largest absolute Gasteiger partial charge is 0.495 e. The average molecular weight is 327 g/mol. The second-order valence-electron chi connectivity index (χ2n) is 4.11. The third-order valence-electron chi connectivity index (χ3n) is 2.80. The maximum absolute atomic E-state index is 12.2. The van der Waals surface area contributed by atoms with Gasteiger partial charge in [0.2, 0.25) is 10.0 Å². The molecule has 1 aliphatic rings. The lowest BCUT2D eigenvalue weighted by Gasteiger charge is -2.14. The summed E-state index contributed by atoms with van der Waals surface area (Å²) in [6.07, 6.45) is 0.780. The van der Waals surface area contributed by atoms with Crippen molar-refractivity contribution in [3.8, 4) is 5.75 Å². The van der Waals surface area contributed by atoms with Crippen LogP contribution in [0.5, 0.6) is 5.75 Å². The highest BCUT2D eigenvalue weighted by atomic mass is 35.5. The van der Waals surface area contributed by atoms with Gasteiger partial charge in [-0.2, -0.15) is 0 Å². The lowest BCUT2D eigenvalue weighted by molar-refractivity contribution is 0.402. The van der Waals surface area contributed by atoms with Crippen molar-refractivity contribution in [2.45, 2.75) is 17.4 Å². The molecule has 1 heterocycles. The van der Waals surface area contributed by atoms with Crippen LogP contribution in [0.25, 0.3) is 0 Å². The van der Waals surface area contributed by atoms with Crippen molar-refractivity contribution >= 4 is 34.0 Å². The quantitative estimate of drug-likeness (QED) is 0.877. The van der Waals surface area contributed by atoms with E-state index in [2.05, 4.69) is 10.0 Å². The number of hydrogen-bond acceptors (Lipinski definition) is 4. The minimum Gasteiger partial charge on any atom is -0.495 e. The van der Waals surface area contributed by atoms with Gasteiger partial charge in [0.05, 0.1) is 7.11 Å². The van der Waals surface area contributed by atoms with Gasteiger partial charge in [0.15, 0.2) is 0 Å². The minimum atomic E-state index is -3.61. The van der Waals surface area contributed by atoms with E-state index in [0.717, 1.165) is 13.0 Å². The molecule has 1 aromatic rings. The van der Waals surface area contributed by atoms with E-state index in [-0.39, 0.29) is 29.1 Å². The molecule has 1 saturated heterocycles. The van der Waals surface area contributed by atoms with Gasteiger partial charge in [0.1, 0.15) is 10.6 Å². The summed E-state index contributed by atoms with van der Waals surface area (Å²) in [5, 5.41) is 3.46. The summed E-state index contributed by atoms with van der Waals surface area (Å²) in [4.78, 5) is 0.0735. The molecule has 1 atom stereocenters. The van der Waals surface area contributed by atoms with Crippen LogP contribution >= 0.6 is 24.0 Å². The maximum atomic E-state index is 12.2. The highest BCUT2D eigenvalue weighted by Crippen LogP contribution is 2.27. The van der Waals surface area contributed by atoms with Gasteiger partial charge in [-0.05, 0) is 31.2 Å². The fraction of sp³-hybridized carbons (Fsp3) is 0.455.